The third-order valence-electron chi connectivity index (χ3n) is 3.73. The summed E-state index contributed by atoms with van der Waals surface area (Å²) in [5.74, 6) is 0.742. The summed E-state index contributed by atoms with van der Waals surface area (Å²) in [6.07, 6.45) is 0. The van der Waals surface area contributed by atoms with Gasteiger partial charge >= 0.3 is 0 Å². The minimum absolute atomic E-state index is 0.156. The summed E-state index contributed by atoms with van der Waals surface area (Å²) in [6, 6.07) is 17.8. The molecule has 1 aromatic heterocycles. The molecule has 4 heteroatoms. The number of carbonyl (C=O) groups is 1. The topological polar surface area (TPSA) is 53.7 Å². The average Bonchev–Trinajstić information content (AvgIpc) is 3.04. The lowest BCUT2D eigenvalue weighted by Gasteiger charge is -2.18. The molecule has 0 saturated carbocycles. The Bertz CT molecular complexity index is 851. The molecule has 0 aliphatic heterocycles. The van der Waals surface area contributed by atoms with Crippen LogP contribution in [0, 0.1) is 6.92 Å². The lowest BCUT2D eigenvalue weighted by atomic mass is 10.1. The van der Waals surface area contributed by atoms with Gasteiger partial charge in [0.1, 0.15) is 11.5 Å². The van der Waals surface area contributed by atoms with Crippen LogP contribution in [-0.2, 0) is 0 Å². The fourth-order valence-corrected chi connectivity index (χ4v) is 2.48. The summed E-state index contributed by atoms with van der Waals surface area (Å²) in [4.78, 5) is 14.2. The molecule has 2 aromatic carbocycles. The normalized spacial score (nSPS) is 10.5. The van der Waals surface area contributed by atoms with E-state index in [0.29, 0.717) is 5.76 Å². The molecular formula is C19H17NO3. The SMILES string of the molecule is Cc1ccccc1N(C)C(=O)c1ccc(-c2cccc(O)c2)o1. The number of para-hydroxylation sites is 1. The van der Waals surface area contributed by atoms with E-state index in [9.17, 15) is 9.90 Å². The fraction of sp³-hybridized carbons (Fsp3) is 0.105. The Labute approximate surface area is 134 Å². The number of furan rings is 1. The third kappa shape index (κ3) is 2.97. The first kappa shape index (κ1) is 14.9. The number of aryl methyl sites for hydroxylation is 1. The van der Waals surface area contributed by atoms with Gasteiger partial charge in [-0.25, -0.2) is 0 Å². The molecule has 0 aliphatic carbocycles. The fourth-order valence-electron chi connectivity index (χ4n) is 2.48. The highest BCUT2D eigenvalue weighted by atomic mass is 16.4. The van der Waals surface area contributed by atoms with Crippen LogP contribution in [0.2, 0.25) is 0 Å². The van der Waals surface area contributed by atoms with E-state index in [1.54, 1.807) is 42.3 Å². The molecule has 0 radical (unpaired) electrons. The number of nitrogens with zero attached hydrogens (tertiary/aromatic N) is 1. The van der Waals surface area contributed by atoms with Crippen LogP contribution in [0.3, 0.4) is 0 Å². The lowest BCUT2D eigenvalue weighted by molar-refractivity contribution is 0.0967. The quantitative estimate of drug-likeness (QED) is 0.787. The molecule has 4 nitrogen and oxygen atoms in total. The highest BCUT2D eigenvalue weighted by Gasteiger charge is 2.19. The van der Waals surface area contributed by atoms with Gasteiger partial charge in [-0.05, 0) is 42.8 Å². The summed E-state index contributed by atoms with van der Waals surface area (Å²) in [7, 11) is 1.72. The number of benzene rings is 2. The number of anilines is 1. The standard InChI is InChI=1S/C19H17NO3/c1-13-6-3-4-9-16(13)20(2)19(22)18-11-10-17(23-18)14-7-5-8-15(21)12-14/h3-12,21H,1-2H3. The largest absolute Gasteiger partial charge is 0.508 e. The zero-order valence-corrected chi connectivity index (χ0v) is 13.0. The molecule has 3 aromatic rings. The molecule has 23 heavy (non-hydrogen) atoms. The molecule has 1 amide bonds. The van der Waals surface area contributed by atoms with Gasteiger partial charge < -0.3 is 14.4 Å². The van der Waals surface area contributed by atoms with Crippen LogP contribution in [0.25, 0.3) is 11.3 Å². The van der Waals surface area contributed by atoms with Gasteiger partial charge in [0.2, 0.25) is 0 Å². The van der Waals surface area contributed by atoms with Crippen molar-refractivity contribution in [1.29, 1.82) is 0 Å². The lowest BCUT2D eigenvalue weighted by Crippen LogP contribution is -2.26. The predicted molar refractivity (Wildman–Crippen MR) is 89.7 cm³/mol. The van der Waals surface area contributed by atoms with Crippen LogP contribution < -0.4 is 4.90 Å². The zero-order valence-electron chi connectivity index (χ0n) is 13.0. The van der Waals surface area contributed by atoms with Crippen molar-refractivity contribution in [2.24, 2.45) is 0 Å². The van der Waals surface area contributed by atoms with E-state index in [1.807, 2.05) is 37.3 Å². The number of amides is 1. The second-order valence-electron chi connectivity index (χ2n) is 5.36. The Morgan fingerprint density at radius 3 is 2.57 bits per heavy atom. The Morgan fingerprint density at radius 1 is 1.04 bits per heavy atom. The number of rotatable bonds is 3. The molecule has 1 heterocycles. The summed E-state index contributed by atoms with van der Waals surface area (Å²) < 4.78 is 5.67. The second-order valence-corrected chi connectivity index (χ2v) is 5.36. The van der Waals surface area contributed by atoms with Crippen LogP contribution in [0.1, 0.15) is 16.1 Å². The van der Waals surface area contributed by atoms with Gasteiger partial charge in [0.15, 0.2) is 5.76 Å². The van der Waals surface area contributed by atoms with Gasteiger partial charge in [-0.15, -0.1) is 0 Å². The van der Waals surface area contributed by atoms with E-state index in [0.717, 1.165) is 16.8 Å². The van der Waals surface area contributed by atoms with Gasteiger partial charge in [0, 0.05) is 18.3 Å². The molecule has 0 unspecified atom stereocenters. The van der Waals surface area contributed by atoms with Crippen molar-refractivity contribution in [3.8, 4) is 17.1 Å². The highest BCUT2D eigenvalue weighted by Crippen LogP contribution is 2.27. The molecule has 3 rings (SSSR count). The predicted octanol–water partition coefficient (Wildman–Crippen LogP) is 4.24. The first-order chi connectivity index (χ1) is 11.1. The molecule has 0 bridgehead atoms. The average molecular weight is 307 g/mol. The molecule has 0 fully saturated rings. The van der Waals surface area contributed by atoms with E-state index in [1.165, 1.54) is 0 Å². The van der Waals surface area contributed by atoms with E-state index in [2.05, 4.69) is 0 Å². The van der Waals surface area contributed by atoms with Crippen molar-refractivity contribution >= 4 is 11.6 Å². The number of phenols is 1. The van der Waals surface area contributed by atoms with Crippen molar-refractivity contribution in [1.82, 2.24) is 0 Å². The van der Waals surface area contributed by atoms with Crippen molar-refractivity contribution < 1.29 is 14.3 Å². The maximum atomic E-state index is 12.6. The number of phenolic OH excluding ortho intramolecular Hbond substituents is 1. The minimum atomic E-state index is -0.217. The second kappa shape index (κ2) is 6.01. The van der Waals surface area contributed by atoms with Crippen LogP contribution in [0.5, 0.6) is 5.75 Å². The number of aromatic hydroxyl groups is 1. The summed E-state index contributed by atoms with van der Waals surface area (Å²) >= 11 is 0. The Hall–Kier alpha value is -3.01. The number of carbonyl (C=O) groups excluding carboxylic acids is 1. The number of hydrogen-bond acceptors (Lipinski definition) is 3. The Balaban J connectivity index is 1.88. The number of hydrogen-bond donors (Lipinski definition) is 1. The minimum Gasteiger partial charge on any atom is -0.508 e. The molecule has 0 saturated heterocycles. The van der Waals surface area contributed by atoms with Crippen LogP contribution in [-0.4, -0.2) is 18.1 Å². The van der Waals surface area contributed by atoms with Gasteiger partial charge in [0.25, 0.3) is 5.91 Å². The van der Waals surface area contributed by atoms with Gasteiger partial charge in [0.05, 0.1) is 0 Å². The van der Waals surface area contributed by atoms with E-state index in [-0.39, 0.29) is 17.4 Å². The van der Waals surface area contributed by atoms with Gasteiger partial charge in [-0.2, -0.15) is 0 Å². The maximum absolute atomic E-state index is 12.6. The maximum Gasteiger partial charge on any atom is 0.293 e. The summed E-state index contributed by atoms with van der Waals surface area (Å²) in [5.41, 5.74) is 2.58. The Kier molecular flexibility index (Phi) is 3.89. The smallest absolute Gasteiger partial charge is 0.293 e. The van der Waals surface area contributed by atoms with Crippen LogP contribution >= 0.6 is 0 Å². The monoisotopic (exact) mass is 307 g/mol. The first-order valence-electron chi connectivity index (χ1n) is 7.29. The van der Waals surface area contributed by atoms with Crippen molar-refractivity contribution in [3.05, 3.63) is 72.0 Å². The summed E-state index contributed by atoms with van der Waals surface area (Å²) in [5, 5.41) is 9.54. The van der Waals surface area contributed by atoms with Crippen molar-refractivity contribution in [2.75, 3.05) is 11.9 Å². The van der Waals surface area contributed by atoms with Crippen molar-refractivity contribution in [2.45, 2.75) is 6.92 Å². The molecule has 0 spiro atoms. The van der Waals surface area contributed by atoms with Crippen LogP contribution in [0.15, 0.2) is 65.1 Å². The van der Waals surface area contributed by atoms with E-state index in [4.69, 9.17) is 4.42 Å². The molecule has 116 valence electrons. The summed E-state index contributed by atoms with van der Waals surface area (Å²) in [6.45, 7) is 1.96. The van der Waals surface area contributed by atoms with E-state index >= 15 is 0 Å². The van der Waals surface area contributed by atoms with Gasteiger partial charge in [-0.3, -0.25) is 4.79 Å². The van der Waals surface area contributed by atoms with Crippen LogP contribution in [0.4, 0.5) is 5.69 Å². The molecule has 1 N–H and O–H groups in total. The van der Waals surface area contributed by atoms with E-state index < -0.39 is 0 Å². The molecule has 0 aliphatic rings. The molecule has 0 atom stereocenters. The van der Waals surface area contributed by atoms with Gasteiger partial charge in [-0.1, -0.05) is 30.3 Å². The molecular weight excluding hydrogens is 290 g/mol. The third-order valence-corrected chi connectivity index (χ3v) is 3.73. The van der Waals surface area contributed by atoms with Crippen molar-refractivity contribution in [3.63, 3.8) is 0 Å². The zero-order chi connectivity index (χ0) is 16.4. The highest BCUT2D eigenvalue weighted by molar-refractivity contribution is 6.04. The Morgan fingerprint density at radius 2 is 1.83 bits per heavy atom. The first-order valence-corrected chi connectivity index (χ1v) is 7.29.